The molecule has 0 bridgehead atoms. The van der Waals surface area contributed by atoms with Crippen LogP contribution in [0, 0.1) is 5.92 Å². The summed E-state index contributed by atoms with van der Waals surface area (Å²) in [4.78, 5) is 34.5. The number of anilines is 2. The van der Waals surface area contributed by atoms with Gasteiger partial charge in [0.05, 0.1) is 6.54 Å². The first kappa shape index (κ1) is 24.9. The smallest absolute Gasteiger partial charge is 0.332 e. The van der Waals surface area contributed by atoms with E-state index in [0.717, 1.165) is 40.1 Å². The number of nitrogens with zero attached hydrogens (tertiary/aromatic N) is 5. The second-order valence-corrected chi connectivity index (χ2v) is 10.7. The van der Waals surface area contributed by atoms with Gasteiger partial charge in [-0.25, -0.2) is 4.79 Å². The minimum Gasteiger partial charge on any atom is -0.457 e. The number of ether oxygens (including phenoxy) is 1. The molecule has 0 N–H and O–H groups in total. The largest absolute Gasteiger partial charge is 0.457 e. The zero-order chi connectivity index (χ0) is 28.1. The van der Waals surface area contributed by atoms with E-state index in [9.17, 15) is 9.59 Å². The third kappa shape index (κ3) is 4.28. The second kappa shape index (κ2) is 9.82. The Kier molecular flexibility index (Phi) is 5.96. The van der Waals surface area contributed by atoms with Gasteiger partial charge in [-0.2, -0.15) is 4.98 Å². The summed E-state index contributed by atoms with van der Waals surface area (Å²) in [6.45, 7) is 3.72. The Morgan fingerprint density at radius 3 is 2.34 bits per heavy atom. The monoisotopic (exact) mass is 543 g/mol. The Hall–Kier alpha value is -5.11. The molecule has 7 rings (SSSR count). The molecule has 6 aromatic rings. The molecule has 0 amide bonds. The van der Waals surface area contributed by atoms with Gasteiger partial charge < -0.3 is 14.2 Å². The summed E-state index contributed by atoms with van der Waals surface area (Å²) in [5.74, 6) is 2.42. The van der Waals surface area contributed by atoms with Crippen LogP contribution in [0.3, 0.4) is 0 Å². The molecule has 3 heterocycles. The molecule has 0 radical (unpaired) electrons. The predicted octanol–water partition coefficient (Wildman–Crippen LogP) is 5.68. The lowest BCUT2D eigenvalue weighted by Gasteiger charge is -2.33. The van der Waals surface area contributed by atoms with Crippen molar-refractivity contribution in [2.45, 2.75) is 20.0 Å². The van der Waals surface area contributed by atoms with E-state index < -0.39 is 0 Å². The van der Waals surface area contributed by atoms with E-state index in [0.29, 0.717) is 23.7 Å². The maximum absolute atomic E-state index is 14.0. The second-order valence-electron chi connectivity index (χ2n) is 10.7. The number of aryl methyl sites for hydroxylation is 1. The normalized spacial score (nSPS) is 14.9. The highest BCUT2D eigenvalue weighted by atomic mass is 16.5. The Bertz CT molecular complexity index is 2020. The summed E-state index contributed by atoms with van der Waals surface area (Å²) in [5.41, 5.74) is 2.00. The van der Waals surface area contributed by atoms with E-state index in [1.807, 2.05) is 102 Å². The average Bonchev–Trinajstić information content (AvgIpc) is 3.38. The van der Waals surface area contributed by atoms with Crippen molar-refractivity contribution in [3.05, 3.63) is 123 Å². The molecule has 0 fully saturated rings. The molecule has 204 valence electrons. The Morgan fingerprint density at radius 2 is 1.54 bits per heavy atom. The number of hydrogen-bond donors (Lipinski definition) is 0. The molecule has 1 aliphatic heterocycles. The SMILES string of the molecule is CC1CN(c2ccc(Oc3ccccc3)cc2)c2nc3c(c(=O)n(Cc4cccc5ccccc45)c(=O)n3C)n2C1. The Labute approximate surface area is 236 Å². The van der Waals surface area contributed by atoms with Crippen LogP contribution in [0.25, 0.3) is 21.9 Å². The molecule has 1 atom stereocenters. The van der Waals surface area contributed by atoms with E-state index in [2.05, 4.69) is 11.8 Å². The maximum atomic E-state index is 14.0. The van der Waals surface area contributed by atoms with Crippen LogP contribution in [0.4, 0.5) is 11.6 Å². The molecule has 4 aromatic carbocycles. The van der Waals surface area contributed by atoms with Crippen molar-refractivity contribution >= 4 is 33.6 Å². The highest BCUT2D eigenvalue weighted by molar-refractivity contribution is 5.85. The molecule has 2 aromatic heterocycles. The number of aromatic nitrogens is 4. The fraction of sp³-hybridized carbons (Fsp3) is 0.182. The van der Waals surface area contributed by atoms with Crippen molar-refractivity contribution in [2.24, 2.45) is 13.0 Å². The lowest BCUT2D eigenvalue weighted by atomic mass is 10.0. The van der Waals surface area contributed by atoms with Crippen LogP contribution in [0.2, 0.25) is 0 Å². The number of para-hydroxylation sites is 1. The van der Waals surface area contributed by atoms with Gasteiger partial charge in [-0.3, -0.25) is 13.9 Å². The van der Waals surface area contributed by atoms with Crippen molar-refractivity contribution in [3.8, 4) is 11.5 Å². The molecule has 0 aliphatic carbocycles. The van der Waals surface area contributed by atoms with Crippen molar-refractivity contribution in [2.75, 3.05) is 11.4 Å². The van der Waals surface area contributed by atoms with E-state index in [1.165, 1.54) is 9.13 Å². The van der Waals surface area contributed by atoms with Crippen LogP contribution in [0.5, 0.6) is 11.5 Å². The number of benzene rings is 4. The van der Waals surface area contributed by atoms with Gasteiger partial charge in [0.25, 0.3) is 5.56 Å². The summed E-state index contributed by atoms with van der Waals surface area (Å²) >= 11 is 0. The molecular formula is C33H29N5O3. The van der Waals surface area contributed by atoms with Gasteiger partial charge in [-0.05, 0) is 58.7 Å². The number of imidazole rings is 1. The standard InChI is InChI=1S/C33H29N5O3/c1-22-19-36(25-15-17-27(18-16-25)41-26-12-4-3-5-13-26)32-34-30-29(37(32)20-22)31(39)38(33(40)35(30)2)21-24-11-8-10-23-9-6-7-14-28(23)24/h3-18,22H,19-21H2,1-2H3. The van der Waals surface area contributed by atoms with Crippen LogP contribution in [0.15, 0.2) is 107 Å². The fourth-order valence-corrected chi connectivity index (χ4v) is 5.78. The third-order valence-electron chi connectivity index (χ3n) is 7.78. The van der Waals surface area contributed by atoms with Gasteiger partial charge >= 0.3 is 5.69 Å². The fourth-order valence-electron chi connectivity index (χ4n) is 5.78. The van der Waals surface area contributed by atoms with Crippen LogP contribution in [-0.2, 0) is 20.1 Å². The van der Waals surface area contributed by atoms with Crippen LogP contribution >= 0.6 is 0 Å². The van der Waals surface area contributed by atoms with Gasteiger partial charge in [-0.1, -0.05) is 67.6 Å². The van der Waals surface area contributed by atoms with E-state index in [-0.39, 0.29) is 23.7 Å². The van der Waals surface area contributed by atoms with Crippen molar-refractivity contribution < 1.29 is 4.74 Å². The first-order chi connectivity index (χ1) is 20.0. The topological polar surface area (TPSA) is 74.3 Å². The molecule has 0 spiro atoms. The minimum absolute atomic E-state index is 0.186. The van der Waals surface area contributed by atoms with Gasteiger partial charge in [0.1, 0.15) is 11.5 Å². The maximum Gasteiger partial charge on any atom is 0.332 e. The molecular weight excluding hydrogens is 514 g/mol. The molecule has 0 saturated heterocycles. The predicted molar refractivity (Wildman–Crippen MR) is 161 cm³/mol. The van der Waals surface area contributed by atoms with Gasteiger partial charge in [-0.15, -0.1) is 0 Å². The zero-order valence-corrected chi connectivity index (χ0v) is 22.9. The van der Waals surface area contributed by atoms with E-state index in [4.69, 9.17) is 9.72 Å². The lowest BCUT2D eigenvalue weighted by Crippen LogP contribution is -2.40. The van der Waals surface area contributed by atoms with E-state index >= 15 is 0 Å². The van der Waals surface area contributed by atoms with Gasteiger partial charge in [0.15, 0.2) is 11.2 Å². The average molecular weight is 544 g/mol. The van der Waals surface area contributed by atoms with Gasteiger partial charge in [0, 0.05) is 25.8 Å². The summed E-state index contributed by atoms with van der Waals surface area (Å²) in [5, 5.41) is 2.10. The molecule has 8 nitrogen and oxygen atoms in total. The minimum atomic E-state index is -0.382. The Morgan fingerprint density at radius 1 is 0.829 bits per heavy atom. The molecule has 0 saturated carbocycles. The van der Waals surface area contributed by atoms with Crippen LogP contribution in [-0.4, -0.2) is 25.2 Å². The number of hydrogen-bond acceptors (Lipinski definition) is 5. The van der Waals surface area contributed by atoms with Crippen molar-refractivity contribution in [1.29, 1.82) is 0 Å². The number of rotatable bonds is 5. The van der Waals surface area contributed by atoms with Crippen LogP contribution in [0.1, 0.15) is 12.5 Å². The molecule has 1 unspecified atom stereocenters. The van der Waals surface area contributed by atoms with Gasteiger partial charge in [0.2, 0.25) is 5.95 Å². The number of fused-ring (bicyclic) bond motifs is 4. The molecule has 41 heavy (non-hydrogen) atoms. The summed E-state index contributed by atoms with van der Waals surface area (Å²) in [6.07, 6.45) is 0. The van der Waals surface area contributed by atoms with Crippen LogP contribution < -0.4 is 20.9 Å². The molecule has 8 heteroatoms. The first-order valence-electron chi connectivity index (χ1n) is 13.7. The third-order valence-corrected chi connectivity index (χ3v) is 7.78. The highest BCUT2D eigenvalue weighted by Crippen LogP contribution is 2.34. The lowest BCUT2D eigenvalue weighted by molar-refractivity contribution is 0.457. The summed E-state index contributed by atoms with van der Waals surface area (Å²) in [7, 11) is 1.69. The quantitative estimate of drug-likeness (QED) is 0.280. The highest BCUT2D eigenvalue weighted by Gasteiger charge is 2.30. The summed E-state index contributed by atoms with van der Waals surface area (Å²) < 4.78 is 10.8. The van der Waals surface area contributed by atoms with E-state index in [1.54, 1.807) is 7.05 Å². The zero-order valence-electron chi connectivity index (χ0n) is 22.9. The summed E-state index contributed by atoms with van der Waals surface area (Å²) in [6, 6.07) is 31.5. The molecule has 1 aliphatic rings. The van der Waals surface area contributed by atoms with Crippen molar-refractivity contribution in [1.82, 2.24) is 18.7 Å². The Balaban J connectivity index is 1.31. The van der Waals surface area contributed by atoms with Crippen molar-refractivity contribution in [3.63, 3.8) is 0 Å². The first-order valence-corrected chi connectivity index (χ1v) is 13.7.